The molecular formula is C21H16N2O5S2. The van der Waals surface area contributed by atoms with Gasteiger partial charge in [0.1, 0.15) is 4.88 Å². The van der Waals surface area contributed by atoms with Gasteiger partial charge in [0.15, 0.2) is 16.4 Å². The Labute approximate surface area is 177 Å². The summed E-state index contributed by atoms with van der Waals surface area (Å²) in [5.74, 6) is 0.659. The Balaban J connectivity index is 1.52. The molecule has 0 amide bonds. The third-order valence-corrected chi connectivity index (χ3v) is 7.49. The average Bonchev–Trinajstić information content (AvgIpc) is 3.41. The van der Waals surface area contributed by atoms with Crippen LogP contribution in [0, 0.1) is 0 Å². The largest absolute Gasteiger partial charge is 0.454 e. The van der Waals surface area contributed by atoms with E-state index in [1.165, 1.54) is 21.8 Å². The van der Waals surface area contributed by atoms with Crippen LogP contribution in [-0.4, -0.2) is 21.0 Å². The second kappa shape index (κ2) is 7.19. The van der Waals surface area contributed by atoms with E-state index in [1.54, 1.807) is 29.6 Å². The van der Waals surface area contributed by atoms with Gasteiger partial charge in [-0.25, -0.2) is 8.42 Å². The molecule has 30 heavy (non-hydrogen) atoms. The van der Waals surface area contributed by atoms with E-state index in [2.05, 4.69) is 5.32 Å². The van der Waals surface area contributed by atoms with Gasteiger partial charge in [-0.2, -0.15) is 0 Å². The number of carbonyl (C=O) groups is 1. The molecule has 3 aromatic rings. The number of rotatable bonds is 4. The van der Waals surface area contributed by atoms with Crippen LogP contribution in [0.4, 0.5) is 11.4 Å². The Bertz CT molecular complexity index is 1270. The molecular weight excluding hydrogens is 424 g/mol. The lowest BCUT2D eigenvalue weighted by Crippen LogP contribution is -2.38. The summed E-state index contributed by atoms with van der Waals surface area (Å²) in [4.78, 5) is 13.1. The maximum absolute atomic E-state index is 13.4. The molecule has 5 rings (SSSR count). The van der Waals surface area contributed by atoms with Crippen LogP contribution >= 0.6 is 11.3 Å². The Kier molecular flexibility index (Phi) is 4.48. The van der Waals surface area contributed by atoms with Crippen molar-refractivity contribution in [2.45, 2.75) is 6.54 Å². The standard InChI is InChI=1S/C21H16N2O5S2/c24-20-19(11-22-15-6-7-17-18(10-15)28-13-27-17)30(25,26)23(16-8-9-29-21(16)20)12-14-4-2-1-3-5-14/h1-11,22H,12-13H2/b19-11-. The Morgan fingerprint density at radius 3 is 2.70 bits per heavy atom. The molecule has 1 N–H and O–H groups in total. The van der Waals surface area contributed by atoms with E-state index in [4.69, 9.17) is 9.47 Å². The molecule has 2 aliphatic heterocycles. The highest BCUT2D eigenvalue weighted by Gasteiger charge is 2.41. The summed E-state index contributed by atoms with van der Waals surface area (Å²) in [5.41, 5.74) is 1.83. The number of ketones is 1. The summed E-state index contributed by atoms with van der Waals surface area (Å²) < 4.78 is 38.6. The lowest BCUT2D eigenvalue weighted by atomic mass is 10.2. The van der Waals surface area contributed by atoms with Gasteiger partial charge in [0.25, 0.3) is 10.0 Å². The molecule has 0 saturated heterocycles. The maximum atomic E-state index is 13.4. The van der Waals surface area contributed by atoms with Gasteiger partial charge in [0.05, 0.1) is 12.2 Å². The first kappa shape index (κ1) is 18.7. The van der Waals surface area contributed by atoms with E-state index in [9.17, 15) is 13.2 Å². The first-order valence-corrected chi connectivity index (χ1v) is 11.4. The van der Waals surface area contributed by atoms with Crippen LogP contribution in [0.5, 0.6) is 11.5 Å². The van der Waals surface area contributed by atoms with Crippen molar-refractivity contribution in [1.82, 2.24) is 0 Å². The zero-order valence-corrected chi connectivity index (χ0v) is 17.2. The van der Waals surface area contributed by atoms with Crippen molar-refractivity contribution >= 4 is 38.5 Å². The normalized spacial score (nSPS) is 17.8. The molecule has 0 atom stereocenters. The number of hydrogen-bond acceptors (Lipinski definition) is 7. The van der Waals surface area contributed by atoms with Crippen molar-refractivity contribution in [2.24, 2.45) is 0 Å². The Morgan fingerprint density at radius 2 is 1.87 bits per heavy atom. The highest BCUT2D eigenvalue weighted by molar-refractivity contribution is 7.97. The average molecular weight is 441 g/mol. The van der Waals surface area contributed by atoms with E-state index in [1.807, 2.05) is 30.3 Å². The summed E-state index contributed by atoms with van der Waals surface area (Å²) in [7, 11) is -4.04. The molecule has 0 radical (unpaired) electrons. The number of fused-ring (bicyclic) bond motifs is 2. The van der Waals surface area contributed by atoms with E-state index in [0.29, 0.717) is 27.8 Å². The van der Waals surface area contributed by atoms with E-state index >= 15 is 0 Å². The lowest BCUT2D eigenvalue weighted by molar-refractivity contribution is 0.104. The van der Waals surface area contributed by atoms with Crippen LogP contribution in [0.1, 0.15) is 15.2 Å². The number of benzene rings is 2. The molecule has 0 unspecified atom stereocenters. The van der Waals surface area contributed by atoms with Gasteiger partial charge in [0.2, 0.25) is 12.6 Å². The van der Waals surface area contributed by atoms with Gasteiger partial charge in [-0.3, -0.25) is 9.10 Å². The van der Waals surface area contributed by atoms with Gasteiger partial charge in [0, 0.05) is 18.0 Å². The van der Waals surface area contributed by atoms with Crippen LogP contribution < -0.4 is 19.1 Å². The maximum Gasteiger partial charge on any atom is 0.270 e. The molecule has 1 aromatic heterocycles. The zero-order valence-electron chi connectivity index (χ0n) is 15.6. The number of carbonyl (C=O) groups excluding carboxylic acids is 1. The van der Waals surface area contributed by atoms with Gasteiger partial charge < -0.3 is 14.8 Å². The molecule has 152 valence electrons. The SMILES string of the molecule is O=C1/C(=C/Nc2ccc3c(c2)OCO3)S(=O)(=O)N(Cc2ccccc2)c2ccsc21. The molecule has 0 fully saturated rings. The number of thiophene rings is 1. The first-order chi connectivity index (χ1) is 14.5. The molecule has 0 bridgehead atoms. The number of hydrogen-bond donors (Lipinski definition) is 1. The van der Waals surface area contributed by atoms with Crippen LogP contribution in [0.2, 0.25) is 0 Å². The Hall–Kier alpha value is -3.30. The summed E-state index contributed by atoms with van der Waals surface area (Å²) in [6.45, 7) is 0.282. The lowest BCUT2D eigenvalue weighted by Gasteiger charge is -2.29. The molecule has 9 heteroatoms. The minimum Gasteiger partial charge on any atom is -0.454 e. The topological polar surface area (TPSA) is 84.9 Å². The van der Waals surface area contributed by atoms with Crippen molar-refractivity contribution in [3.05, 3.63) is 81.5 Å². The number of Topliss-reactive ketones (excluding diaryl/α,β-unsaturated/α-hetero) is 1. The monoisotopic (exact) mass is 440 g/mol. The minimum absolute atomic E-state index is 0.140. The van der Waals surface area contributed by atoms with Gasteiger partial charge in [-0.15, -0.1) is 11.3 Å². The van der Waals surface area contributed by atoms with Crippen molar-refractivity contribution in [3.8, 4) is 11.5 Å². The van der Waals surface area contributed by atoms with Crippen molar-refractivity contribution in [3.63, 3.8) is 0 Å². The van der Waals surface area contributed by atoms with Crippen molar-refractivity contribution < 1.29 is 22.7 Å². The fraction of sp³-hybridized carbons (Fsp3) is 0.0952. The predicted octanol–water partition coefficient (Wildman–Crippen LogP) is 3.96. The molecule has 7 nitrogen and oxygen atoms in total. The van der Waals surface area contributed by atoms with E-state index in [0.717, 1.165) is 5.56 Å². The second-order valence-electron chi connectivity index (χ2n) is 6.68. The van der Waals surface area contributed by atoms with E-state index in [-0.39, 0.29) is 18.2 Å². The van der Waals surface area contributed by atoms with Crippen LogP contribution in [0.15, 0.2) is 71.1 Å². The fourth-order valence-corrected chi connectivity index (χ4v) is 5.82. The van der Waals surface area contributed by atoms with Gasteiger partial charge >= 0.3 is 0 Å². The predicted molar refractivity (Wildman–Crippen MR) is 114 cm³/mol. The first-order valence-electron chi connectivity index (χ1n) is 9.09. The molecule has 0 saturated carbocycles. The molecule has 0 aliphatic carbocycles. The quantitative estimate of drug-likeness (QED) is 0.618. The number of sulfonamides is 1. The number of allylic oxidation sites excluding steroid dienone is 1. The summed E-state index contributed by atoms with van der Waals surface area (Å²) >= 11 is 1.23. The second-order valence-corrected chi connectivity index (χ2v) is 9.43. The van der Waals surface area contributed by atoms with Crippen LogP contribution in [-0.2, 0) is 16.6 Å². The van der Waals surface area contributed by atoms with Crippen molar-refractivity contribution in [1.29, 1.82) is 0 Å². The summed E-state index contributed by atoms with van der Waals surface area (Å²) in [5, 5.41) is 4.64. The highest BCUT2D eigenvalue weighted by atomic mass is 32.2. The smallest absolute Gasteiger partial charge is 0.270 e. The fourth-order valence-electron chi connectivity index (χ4n) is 3.34. The number of nitrogens with zero attached hydrogens (tertiary/aromatic N) is 1. The molecule has 3 heterocycles. The molecule has 2 aromatic carbocycles. The zero-order chi connectivity index (χ0) is 20.7. The highest BCUT2D eigenvalue weighted by Crippen LogP contribution is 2.40. The van der Waals surface area contributed by atoms with Gasteiger partial charge in [-0.1, -0.05) is 30.3 Å². The van der Waals surface area contributed by atoms with Crippen LogP contribution in [0.25, 0.3) is 0 Å². The van der Waals surface area contributed by atoms with Gasteiger partial charge in [-0.05, 0) is 29.1 Å². The number of anilines is 2. The van der Waals surface area contributed by atoms with E-state index < -0.39 is 15.8 Å². The minimum atomic E-state index is -4.04. The van der Waals surface area contributed by atoms with Crippen LogP contribution in [0.3, 0.4) is 0 Å². The summed E-state index contributed by atoms with van der Waals surface area (Å²) in [6, 6.07) is 16.1. The molecule has 0 spiro atoms. The summed E-state index contributed by atoms with van der Waals surface area (Å²) in [6.07, 6.45) is 1.25. The Morgan fingerprint density at radius 1 is 1.07 bits per heavy atom. The third-order valence-electron chi connectivity index (χ3n) is 4.82. The van der Waals surface area contributed by atoms with Crippen molar-refractivity contribution in [2.75, 3.05) is 16.4 Å². The third kappa shape index (κ3) is 3.12. The number of ether oxygens (including phenoxy) is 2. The molecule has 2 aliphatic rings. The number of nitrogens with one attached hydrogen (secondary N) is 1.